The molecule has 0 radical (unpaired) electrons. The minimum atomic E-state index is -0.325. The molecule has 0 spiro atoms. The van der Waals surface area contributed by atoms with Gasteiger partial charge in [-0.1, -0.05) is 17.7 Å². The molecule has 27 heavy (non-hydrogen) atoms. The van der Waals surface area contributed by atoms with Crippen molar-refractivity contribution in [1.29, 1.82) is 0 Å². The zero-order chi connectivity index (χ0) is 19.6. The number of halogens is 1. The topological polar surface area (TPSA) is 69.7 Å². The first-order valence-electron chi connectivity index (χ1n) is 8.60. The second-order valence-electron chi connectivity index (χ2n) is 6.55. The van der Waals surface area contributed by atoms with Gasteiger partial charge in [-0.3, -0.25) is 14.4 Å². The number of nitrogens with zero attached hydrogens (tertiary/aromatic N) is 2. The molecule has 1 aliphatic rings. The number of nitrogens with one attached hydrogen (secondary N) is 1. The number of amides is 3. The maximum absolute atomic E-state index is 12.6. The van der Waals surface area contributed by atoms with Crippen LogP contribution in [0.3, 0.4) is 0 Å². The molecular formula is C20H20ClN3O3. The van der Waals surface area contributed by atoms with Gasteiger partial charge < -0.3 is 15.1 Å². The van der Waals surface area contributed by atoms with E-state index < -0.39 is 0 Å². The molecule has 2 aromatic rings. The fourth-order valence-electron chi connectivity index (χ4n) is 2.95. The van der Waals surface area contributed by atoms with Crippen LogP contribution in [0, 0.1) is 0 Å². The van der Waals surface area contributed by atoms with Gasteiger partial charge in [0.1, 0.15) is 0 Å². The Hall–Kier alpha value is -2.86. The first kappa shape index (κ1) is 18.9. The summed E-state index contributed by atoms with van der Waals surface area (Å²) in [4.78, 5) is 39.8. The quantitative estimate of drug-likeness (QED) is 0.876. The lowest BCUT2D eigenvalue weighted by molar-refractivity contribution is -0.117. The summed E-state index contributed by atoms with van der Waals surface area (Å²) >= 11 is 6.10. The molecule has 0 aliphatic carbocycles. The van der Waals surface area contributed by atoms with Crippen LogP contribution in [0.1, 0.15) is 33.6 Å². The molecule has 3 amide bonds. The van der Waals surface area contributed by atoms with E-state index in [1.165, 1.54) is 4.90 Å². The third-order valence-corrected chi connectivity index (χ3v) is 4.68. The van der Waals surface area contributed by atoms with Crippen molar-refractivity contribution in [3.8, 4) is 0 Å². The van der Waals surface area contributed by atoms with Gasteiger partial charge >= 0.3 is 0 Å². The lowest BCUT2D eigenvalue weighted by atomic mass is 10.1. The smallest absolute Gasteiger partial charge is 0.255 e. The van der Waals surface area contributed by atoms with E-state index in [-0.39, 0.29) is 17.7 Å². The van der Waals surface area contributed by atoms with Crippen LogP contribution in [0.2, 0.25) is 5.02 Å². The number of hydrogen-bond donors (Lipinski definition) is 1. The number of anilines is 2. The molecule has 1 heterocycles. The average Bonchev–Trinajstić information content (AvgIpc) is 3.08. The van der Waals surface area contributed by atoms with Crippen LogP contribution < -0.4 is 10.2 Å². The van der Waals surface area contributed by atoms with E-state index in [1.54, 1.807) is 55.4 Å². The van der Waals surface area contributed by atoms with Crippen LogP contribution in [0.15, 0.2) is 42.5 Å². The molecule has 2 aromatic carbocycles. The zero-order valence-electron chi connectivity index (χ0n) is 15.2. The molecule has 0 unspecified atom stereocenters. The van der Waals surface area contributed by atoms with Crippen molar-refractivity contribution < 1.29 is 14.4 Å². The van der Waals surface area contributed by atoms with E-state index in [4.69, 9.17) is 11.6 Å². The average molecular weight is 386 g/mol. The maximum atomic E-state index is 12.6. The van der Waals surface area contributed by atoms with Crippen molar-refractivity contribution in [3.63, 3.8) is 0 Å². The van der Waals surface area contributed by atoms with Crippen LogP contribution in [0.25, 0.3) is 0 Å². The highest BCUT2D eigenvalue weighted by Crippen LogP contribution is 2.24. The van der Waals surface area contributed by atoms with E-state index in [0.717, 1.165) is 6.42 Å². The van der Waals surface area contributed by atoms with Crippen molar-refractivity contribution in [2.75, 3.05) is 30.9 Å². The van der Waals surface area contributed by atoms with E-state index in [2.05, 4.69) is 5.32 Å². The molecule has 0 atom stereocenters. The minimum Gasteiger partial charge on any atom is -0.345 e. The van der Waals surface area contributed by atoms with Gasteiger partial charge in [0.25, 0.3) is 11.8 Å². The zero-order valence-corrected chi connectivity index (χ0v) is 15.9. The summed E-state index contributed by atoms with van der Waals surface area (Å²) in [7, 11) is 3.27. The van der Waals surface area contributed by atoms with Gasteiger partial charge in [0.05, 0.1) is 10.6 Å². The first-order valence-corrected chi connectivity index (χ1v) is 8.97. The van der Waals surface area contributed by atoms with Crippen LogP contribution >= 0.6 is 11.6 Å². The van der Waals surface area contributed by atoms with Crippen molar-refractivity contribution in [1.82, 2.24) is 4.90 Å². The summed E-state index contributed by atoms with van der Waals surface area (Å²) in [6.07, 6.45) is 1.35. The second kappa shape index (κ2) is 7.80. The van der Waals surface area contributed by atoms with E-state index >= 15 is 0 Å². The molecule has 140 valence electrons. The van der Waals surface area contributed by atoms with Crippen molar-refractivity contribution in [2.24, 2.45) is 0 Å². The molecule has 0 bridgehead atoms. The molecule has 0 saturated carbocycles. The predicted octanol–water partition coefficient (Wildman–Crippen LogP) is 3.42. The summed E-state index contributed by atoms with van der Waals surface area (Å²) in [5.74, 6) is -0.503. The Bertz CT molecular complexity index is 911. The van der Waals surface area contributed by atoms with Gasteiger partial charge in [-0.25, -0.2) is 0 Å². The molecule has 6 nitrogen and oxygen atoms in total. The van der Waals surface area contributed by atoms with E-state index in [9.17, 15) is 14.4 Å². The lowest BCUT2D eigenvalue weighted by Gasteiger charge is -2.16. The Kier molecular flexibility index (Phi) is 5.46. The van der Waals surface area contributed by atoms with Crippen molar-refractivity contribution >= 4 is 40.7 Å². The summed E-state index contributed by atoms with van der Waals surface area (Å²) < 4.78 is 0. The fourth-order valence-corrected chi connectivity index (χ4v) is 3.15. The minimum absolute atomic E-state index is 0.0668. The fraction of sp³-hybridized carbons (Fsp3) is 0.250. The monoisotopic (exact) mass is 385 g/mol. The molecule has 3 rings (SSSR count). The molecule has 7 heteroatoms. The summed E-state index contributed by atoms with van der Waals surface area (Å²) in [5.41, 5.74) is 1.93. The second-order valence-corrected chi connectivity index (χ2v) is 6.95. The summed E-state index contributed by atoms with van der Waals surface area (Å²) in [6, 6.07) is 11.7. The molecule has 0 aromatic heterocycles. The number of rotatable bonds is 4. The molecule has 1 saturated heterocycles. The van der Waals surface area contributed by atoms with Crippen LogP contribution in [0.4, 0.5) is 11.4 Å². The molecular weight excluding hydrogens is 366 g/mol. The Morgan fingerprint density at radius 2 is 1.93 bits per heavy atom. The highest BCUT2D eigenvalue weighted by Gasteiger charge is 2.22. The van der Waals surface area contributed by atoms with Crippen molar-refractivity contribution in [3.05, 3.63) is 58.6 Å². The third-order valence-electron chi connectivity index (χ3n) is 4.35. The van der Waals surface area contributed by atoms with Gasteiger partial charge in [0.15, 0.2) is 0 Å². The van der Waals surface area contributed by atoms with Crippen molar-refractivity contribution in [2.45, 2.75) is 12.8 Å². The standard InChI is InChI=1S/C20H20ClN3O3/c1-23(2)20(27)16-12-14(8-9-17(16)21)22-19(26)13-5-3-6-15(11-13)24-10-4-7-18(24)25/h3,5-6,8-9,11-12H,4,7,10H2,1-2H3,(H,22,26). The first-order chi connectivity index (χ1) is 12.9. The molecule has 1 aliphatic heterocycles. The van der Waals surface area contributed by atoms with Gasteiger partial charge in [-0.05, 0) is 42.8 Å². The number of carbonyl (C=O) groups excluding carboxylic acids is 3. The van der Waals surface area contributed by atoms with Crippen LogP contribution in [0.5, 0.6) is 0 Å². The normalized spacial score (nSPS) is 13.6. The van der Waals surface area contributed by atoms with Gasteiger partial charge in [-0.2, -0.15) is 0 Å². The van der Waals surface area contributed by atoms with Crippen LogP contribution in [-0.2, 0) is 4.79 Å². The summed E-state index contributed by atoms with van der Waals surface area (Å²) in [5, 5.41) is 3.10. The Morgan fingerprint density at radius 1 is 1.15 bits per heavy atom. The molecule has 1 fully saturated rings. The van der Waals surface area contributed by atoms with E-state index in [0.29, 0.717) is 40.5 Å². The number of carbonyl (C=O) groups is 3. The SMILES string of the molecule is CN(C)C(=O)c1cc(NC(=O)c2cccc(N3CCCC3=O)c2)ccc1Cl. The lowest BCUT2D eigenvalue weighted by Crippen LogP contribution is -2.24. The third kappa shape index (κ3) is 4.11. The highest BCUT2D eigenvalue weighted by molar-refractivity contribution is 6.34. The van der Waals surface area contributed by atoms with Gasteiger partial charge in [0, 0.05) is 44.0 Å². The highest BCUT2D eigenvalue weighted by atomic mass is 35.5. The molecule has 1 N–H and O–H groups in total. The number of benzene rings is 2. The Morgan fingerprint density at radius 3 is 2.59 bits per heavy atom. The summed E-state index contributed by atoms with van der Waals surface area (Å²) in [6.45, 7) is 0.664. The Labute approximate surface area is 162 Å². The maximum Gasteiger partial charge on any atom is 0.255 e. The Balaban J connectivity index is 1.81. The number of hydrogen-bond acceptors (Lipinski definition) is 3. The van der Waals surface area contributed by atoms with Gasteiger partial charge in [-0.15, -0.1) is 0 Å². The van der Waals surface area contributed by atoms with Gasteiger partial charge in [0.2, 0.25) is 5.91 Å². The van der Waals surface area contributed by atoms with E-state index in [1.807, 2.05) is 6.07 Å². The largest absolute Gasteiger partial charge is 0.345 e. The van der Waals surface area contributed by atoms with Crippen LogP contribution in [-0.4, -0.2) is 43.3 Å². The predicted molar refractivity (Wildman–Crippen MR) is 105 cm³/mol.